The third-order valence-electron chi connectivity index (χ3n) is 2.57. The lowest BCUT2D eigenvalue weighted by atomic mass is 10.3. The standard InChI is InChI=1S/C12H14ClN3O/c1-9(8-14)15(2)12(17)16(3)11-6-4-10(13)5-7-11/h4-7,9H,1-3H3/t9-/m0/s1. The molecule has 0 aliphatic heterocycles. The molecular formula is C12H14ClN3O. The molecule has 0 saturated carbocycles. The van der Waals surface area contributed by atoms with Crippen LogP contribution in [-0.4, -0.2) is 31.1 Å². The fourth-order valence-corrected chi connectivity index (χ4v) is 1.39. The van der Waals surface area contributed by atoms with Gasteiger partial charge in [0.05, 0.1) is 6.07 Å². The molecule has 1 rings (SSSR count). The largest absolute Gasteiger partial charge is 0.325 e. The van der Waals surface area contributed by atoms with E-state index in [0.29, 0.717) is 5.02 Å². The Kier molecular flexibility index (Phi) is 4.36. The third kappa shape index (κ3) is 3.11. The maximum absolute atomic E-state index is 12.0. The van der Waals surface area contributed by atoms with Gasteiger partial charge < -0.3 is 4.90 Å². The van der Waals surface area contributed by atoms with Gasteiger partial charge in [-0.05, 0) is 31.2 Å². The van der Waals surface area contributed by atoms with E-state index in [2.05, 4.69) is 0 Å². The van der Waals surface area contributed by atoms with Gasteiger partial charge in [0.15, 0.2) is 0 Å². The first-order valence-corrected chi connectivity index (χ1v) is 5.51. The third-order valence-corrected chi connectivity index (χ3v) is 2.82. The summed E-state index contributed by atoms with van der Waals surface area (Å²) in [5, 5.41) is 9.38. The Morgan fingerprint density at radius 3 is 2.35 bits per heavy atom. The number of benzene rings is 1. The van der Waals surface area contributed by atoms with Gasteiger partial charge in [-0.15, -0.1) is 0 Å². The van der Waals surface area contributed by atoms with Gasteiger partial charge in [0, 0.05) is 24.8 Å². The molecule has 1 aromatic rings. The first-order valence-electron chi connectivity index (χ1n) is 5.13. The van der Waals surface area contributed by atoms with E-state index in [1.807, 2.05) is 6.07 Å². The zero-order valence-corrected chi connectivity index (χ0v) is 10.8. The van der Waals surface area contributed by atoms with Crippen LogP contribution in [0.1, 0.15) is 6.92 Å². The summed E-state index contributed by atoms with van der Waals surface area (Å²) in [6.45, 7) is 1.67. The van der Waals surface area contributed by atoms with Crippen molar-refractivity contribution < 1.29 is 4.79 Å². The van der Waals surface area contributed by atoms with Crippen molar-refractivity contribution in [3.8, 4) is 6.07 Å². The first-order chi connectivity index (χ1) is 7.97. The summed E-state index contributed by atoms with van der Waals surface area (Å²) in [6.07, 6.45) is 0. The molecule has 17 heavy (non-hydrogen) atoms. The molecule has 0 heterocycles. The number of nitrogens with zero attached hydrogens (tertiary/aromatic N) is 3. The Morgan fingerprint density at radius 2 is 1.88 bits per heavy atom. The summed E-state index contributed by atoms with van der Waals surface area (Å²) >= 11 is 5.77. The van der Waals surface area contributed by atoms with Crippen molar-refractivity contribution in [2.45, 2.75) is 13.0 Å². The second kappa shape index (κ2) is 5.55. The normalized spacial score (nSPS) is 11.5. The Hall–Kier alpha value is -1.73. The van der Waals surface area contributed by atoms with Crippen molar-refractivity contribution in [3.63, 3.8) is 0 Å². The van der Waals surface area contributed by atoms with Crippen LogP contribution in [0.2, 0.25) is 5.02 Å². The van der Waals surface area contributed by atoms with Crippen LogP contribution in [0.15, 0.2) is 24.3 Å². The van der Waals surface area contributed by atoms with Crippen molar-refractivity contribution in [2.24, 2.45) is 0 Å². The number of carbonyl (C=O) groups is 1. The zero-order valence-electron chi connectivity index (χ0n) is 10.0. The van der Waals surface area contributed by atoms with E-state index in [1.54, 1.807) is 45.3 Å². The Morgan fingerprint density at radius 1 is 1.35 bits per heavy atom. The van der Waals surface area contributed by atoms with Gasteiger partial charge in [-0.2, -0.15) is 5.26 Å². The number of hydrogen-bond acceptors (Lipinski definition) is 2. The number of anilines is 1. The molecule has 0 aromatic heterocycles. The molecule has 0 saturated heterocycles. The van der Waals surface area contributed by atoms with Crippen LogP contribution in [0, 0.1) is 11.3 Å². The predicted molar refractivity (Wildman–Crippen MR) is 68.1 cm³/mol. The quantitative estimate of drug-likeness (QED) is 0.811. The minimum Gasteiger partial charge on any atom is -0.312 e. The minimum absolute atomic E-state index is 0.235. The van der Waals surface area contributed by atoms with Crippen molar-refractivity contribution in [1.29, 1.82) is 5.26 Å². The molecule has 0 spiro atoms. The van der Waals surface area contributed by atoms with Crippen molar-refractivity contribution in [2.75, 3.05) is 19.0 Å². The number of nitriles is 1. The monoisotopic (exact) mass is 251 g/mol. The lowest BCUT2D eigenvalue weighted by Gasteiger charge is -2.26. The van der Waals surface area contributed by atoms with E-state index in [0.717, 1.165) is 5.69 Å². The number of hydrogen-bond donors (Lipinski definition) is 0. The number of rotatable bonds is 2. The summed E-state index contributed by atoms with van der Waals surface area (Å²) in [6, 6.07) is 8.27. The van der Waals surface area contributed by atoms with E-state index >= 15 is 0 Å². The summed E-state index contributed by atoms with van der Waals surface area (Å²) in [5.74, 6) is 0. The van der Waals surface area contributed by atoms with E-state index in [9.17, 15) is 4.79 Å². The second-order valence-corrected chi connectivity index (χ2v) is 4.17. The van der Waals surface area contributed by atoms with Crippen molar-refractivity contribution in [1.82, 2.24) is 4.90 Å². The molecule has 0 aliphatic carbocycles. The molecule has 0 aliphatic rings. The molecule has 0 unspecified atom stereocenters. The molecule has 0 fully saturated rings. The van der Waals surface area contributed by atoms with Crippen LogP contribution in [0.5, 0.6) is 0 Å². The van der Waals surface area contributed by atoms with Crippen LogP contribution >= 0.6 is 11.6 Å². The minimum atomic E-state index is -0.461. The Balaban J connectivity index is 2.83. The number of carbonyl (C=O) groups excluding carboxylic acids is 1. The van der Waals surface area contributed by atoms with Gasteiger partial charge in [-0.25, -0.2) is 4.79 Å². The van der Waals surface area contributed by atoms with Gasteiger partial charge in [-0.1, -0.05) is 11.6 Å². The van der Waals surface area contributed by atoms with Crippen molar-refractivity contribution >= 4 is 23.3 Å². The summed E-state index contributed by atoms with van der Waals surface area (Å²) in [5.41, 5.74) is 0.733. The zero-order chi connectivity index (χ0) is 13.0. The predicted octanol–water partition coefficient (Wildman–Crippen LogP) is 2.74. The number of urea groups is 1. The van der Waals surface area contributed by atoms with Crippen LogP contribution in [0.25, 0.3) is 0 Å². The number of halogens is 1. The topological polar surface area (TPSA) is 47.3 Å². The van der Waals surface area contributed by atoms with E-state index in [1.165, 1.54) is 9.80 Å². The van der Waals surface area contributed by atoms with Gasteiger partial charge in [0.1, 0.15) is 6.04 Å². The van der Waals surface area contributed by atoms with E-state index in [-0.39, 0.29) is 6.03 Å². The smallest absolute Gasteiger partial charge is 0.312 e. The second-order valence-electron chi connectivity index (χ2n) is 3.73. The average molecular weight is 252 g/mol. The van der Waals surface area contributed by atoms with Gasteiger partial charge in [-0.3, -0.25) is 4.90 Å². The van der Waals surface area contributed by atoms with Crippen molar-refractivity contribution in [3.05, 3.63) is 29.3 Å². The highest BCUT2D eigenvalue weighted by Gasteiger charge is 2.19. The lowest BCUT2D eigenvalue weighted by Crippen LogP contribution is -2.42. The molecule has 90 valence electrons. The van der Waals surface area contributed by atoms with Crippen LogP contribution in [-0.2, 0) is 0 Å². The van der Waals surface area contributed by atoms with E-state index < -0.39 is 6.04 Å². The molecule has 4 nitrogen and oxygen atoms in total. The molecule has 1 atom stereocenters. The molecule has 0 radical (unpaired) electrons. The average Bonchev–Trinajstić information content (AvgIpc) is 2.36. The summed E-state index contributed by atoms with van der Waals surface area (Å²) < 4.78 is 0. The lowest BCUT2D eigenvalue weighted by molar-refractivity contribution is 0.211. The van der Waals surface area contributed by atoms with Crippen LogP contribution < -0.4 is 4.90 Å². The summed E-state index contributed by atoms with van der Waals surface area (Å²) in [7, 11) is 3.26. The maximum Gasteiger partial charge on any atom is 0.325 e. The van der Waals surface area contributed by atoms with Gasteiger partial charge in [0.25, 0.3) is 0 Å². The molecule has 0 bridgehead atoms. The first kappa shape index (κ1) is 13.3. The molecule has 0 N–H and O–H groups in total. The van der Waals surface area contributed by atoms with E-state index in [4.69, 9.17) is 16.9 Å². The Bertz CT molecular complexity index is 438. The highest BCUT2D eigenvalue weighted by Crippen LogP contribution is 2.18. The van der Waals surface area contributed by atoms with Crippen LogP contribution in [0.3, 0.4) is 0 Å². The van der Waals surface area contributed by atoms with Crippen LogP contribution in [0.4, 0.5) is 10.5 Å². The molecular weight excluding hydrogens is 238 g/mol. The molecule has 5 heteroatoms. The molecule has 1 aromatic carbocycles. The highest BCUT2D eigenvalue weighted by molar-refractivity contribution is 6.30. The fourth-order valence-electron chi connectivity index (χ4n) is 1.26. The van der Waals surface area contributed by atoms with Gasteiger partial charge in [0.2, 0.25) is 0 Å². The SMILES string of the molecule is C[C@@H](C#N)N(C)C(=O)N(C)c1ccc(Cl)cc1. The maximum atomic E-state index is 12.0. The molecule has 2 amide bonds. The fraction of sp³-hybridized carbons (Fsp3) is 0.333. The number of amides is 2. The summed E-state index contributed by atoms with van der Waals surface area (Å²) in [4.78, 5) is 14.9. The Labute approximate surface area is 106 Å². The van der Waals surface area contributed by atoms with Gasteiger partial charge >= 0.3 is 6.03 Å². The highest BCUT2D eigenvalue weighted by atomic mass is 35.5.